The summed E-state index contributed by atoms with van der Waals surface area (Å²) in [6.45, 7) is 2.04. The van der Waals surface area contributed by atoms with Crippen LogP contribution in [0.4, 0.5) is 0 Å². The molecule has 2 aromatic heterocycles. The van der Waals surface area contributed by atoms with E-state index in [1.165, 1.54) is 0 Å². The zero-order valence-electron chi connectivity index (χ0n) is 21.4. The van der Waals surface area contributed by atoms with Crippen LogP contribution < -0.4 is 5.56 Å². The molecule has 0 saturated heterocycles. The Morgan fingerprint density at radius 3 is 1.67 bits per heavy atom. The maximum Gasteiger partial charge on any atom is 0.263 e. The molecule has 0 aliphatic carbocycles. The third-order valence-corrected chi connectivity index (χ3v) is 8.40. The third-order valence-electron chi connectivity index (χ3n) is 7.55. The molecule has 186 valence electrons. The second kappa shape index (κ2) is 9.37. The first-order valence-corrected chi connectivity index (χ1v) is 13.8. The van der Waals surface area contributed by atoms with Crippen molar-refractivity contribution >= 4 is 43.0 Å². The normalized spacial score (nSPS) is 11.4. The Morgan fingerprint density at radius 1 is 0.538 bits per heavy atom. The van der Waals surface area contributed by atoms with Gasteiger partial charge >= 0.3 is 0 Å². The molecule has 0 unspecified atom stereocenters. The van der Waals surface area contributed by atoms with Crippen molar-refractivity contribution in [2.75, 3.05) is 0 Å². The summed E-state index contributed by atoms with van der Waals surface area (Å²) in [5.41, 5.74) is 8.10. The molecule has 0 aliphatic heterocycles. The molecule has 39 heavy (non-hydrogen) atoms. The van der Waals surface area contributed by atoms with Crippen LogP contribution in [-0.4, -0.2) is 4.40 Å². The van der Waals surface area contributed by atoms with Gasteiger partial charge in [-0.15, -0.1) is 0 Å². The summed E-state index contributed by atoms with van der Waals surface area (Å²) >= 11 is 3.75. The minimum absolute atomic E-state index is 0.0166. The molecule has 7 rings (SSSR count). The van der Waals surface area contributed by atoms with Crippen LogP contribution in [0.1, 0.15) is 5.56 Å². The van der Waals surface area contributed by atoms with Gasteiger partial charge in [-0.3, -0.25) is 9.20 Å². The predicted molar refractivity (Wildman–Crippen MR) is 167 cm³/mol. The quantitative estimate of drug-likeness (QED) is 0.154. The van der Waals surface area contributed by atoms with Gasteiger partial charge in [0.25, 0.3) is 5.56 Å². The fourth-order valence-electron chi connectivity index (χ4n) is 5.81. The first-order chi connectivity index (χ1) is 19.1. The van der Waals surface area contributed by atoms with Gasteiger partial charge < -0.3 is 0 Å². The number of aromatic nitrogens is 1. The lowest BCUT2D eigenvalue weighted by Crippen LogP contribution is -2.18. The molecule has 0 spiro atoms. The highest BCUT2D eigenvalue weighted by Crippen LogP contribution is 2.44. The molecule has 0 radical (unpaired) electrons. The lowest BCUT2D eigenvalue weighted by molar-refractivity contribution is 1.14. The molecule has 0 aliphatic rings. The Labute approximate surface area is 234 Å². The molecule has 0 amide bonds. The van der Waals surface area contributed by atoms with Gasteiger partial charge in [0.1, 0.15) is 0 Å². The van der Waals surface area contributed by atoms with Crippen LogP contribution in [0, 0.1) is 6.92 Å². The Bertz CT molecular complexity index is 2080. The summed E-state index contributed by atoms with van der Waals surface area (Å²) in [5, 5.41) is 3.81. The lowest BCUT2D eigenvalue weighted by Gasteiger charge is -2.23. The van der Waals surface area contributed by atoms with Gasteiger partial charge in [0.2, 0.25) is 0 Å². The number of aryl methyl sites for hydroxylation is 1. The van der Waals surface area contributed by atoms with E-state index in [9.17, 15) is 4.79 Å². The van der Waals surface area contributed by atoms with Crippen molar-refractivity contribution in [2.24, 2.45) is 0 Å². The highest BCUT2D eigenvalue weighted by atomic mass is 79.9. The van der Waals surface area contributed by atoms with Crippen molar-refractivity contribution in [3.8, 4) is 33.5 Å². The first-order valence-electron chi connectivity index (χ1n) is 13.0. The van der Waals surface area contributed by atoms with Crippen LogP contribution in [0.15, 0.2) is 137 Å². The van der Waals surface area contributed by atoms with E-state index in [0.29, 0.717) is 5.39 Å². The Balaban J connectivity index is 1.86. The van der Waals surface area contributed by atoms with Crippen LogP contribution >= 0.6 is 15.9 Å². The first kappa shape index (κ1) is 23.6. The summed E-state index contributed by atoms with van der Waals surface area (Å²) in [5.74, 6) is 0. The molecule has 7 aromatic rings. The predicted octanol–water partition coefficient (Wildman–Crippen LogP) is 9.68. The van der Waals surface area contributed by atoms with E-state index >= 15 is 0 Å². The minimum Gasteiger partial charge on any atom is -0.274 e. The monoisotopic (exact) mass is 565 g/mol. The van der Waals surface area contributed by atoms with E-state index in [-0.39, 0.29) is 5.56 Å². The fourth-order valence-corrected chi connectivity index (χ4v) is 6.15. The Hall–Kier alpha value is -4.47. The van der Waals surface area contributed by atoms with E-state index in [1.54, 1.807) is 0 Å². The third kappa shape index (κ3) is 3.73. The molecule has 0 N–H and O–H groups in total. The van der Waals surface area contributed by atoms with Gasteiger partial charge in [0, 0.05) is 26.4 Å². The summed E-state index contributed by atoms with van der Waals surface area (Å²) < 4.78 is 2.96. The van der Waals surface area contributed by atoms with Crippen LogP contribution in [-0.2, 0) is 0 Å². The zero-order chi connectivity index (χ0) is 26.5. The number of rotatable bonds is 3. The molecule has 5 aromatic carbocycles. The van der Waals surface area contributed by atoms with Gasteiger partial charge in [-0.1, -0.05) is 131 Å². The highest BCUT2D eigenvalue weighted by molar-refractivity contribution is 9.10. The molecule has 0 atom stereocenters. The second-order valence-electron chi connectivity index (χ2n) is 9.88. The molecule has 2 heterocycles. The largest absolute Gasteiger partial charge is 0.274 e. The van der Waals surface area contributed by atoms with E-state index in [0.717, 1.165) is 65.2 Å². The lowest BCUT2D eigenvalue weighted by atomic mass is 9.89. The summed E-state index contributed by atoms with van der Waals surface area (Å²) in [6, 6.07) is 43.7. The van der Waals surface area contributed by atoms with Gasteiger partial charge in [0.05, 0.1) is 11.2 Å². The van der Waals surface area contributed by atoms with Gasteiger partial charge in [0.15, 0.2) is 0 Å². The topological polar surface area (TPSA) is 21.5 Å². The summed E-state index contributed by atoms with van der Waals surface area (Å²) in [4.78, 5) is 14.7. The minimum atomic E-state index is -0.0166. The van der Waals surface area contributed by atoms with Crippen molar-refractivity contribution in [3.63, 3.8) is 0 Å². The van der Waals surface area contributed by atoms with E-state index < -0.39 is 0 Å². The SMILES string of the molecule is Cc1cc2c(=O)n3c(-c4ccccc4)c(-c4ccccc4)c4ccccc4c3c(-c3ccccc3)c2cc1Br. The molecular formula is C36H24BrNO. The maximum absolute atomic E-state index is 14.7. The molecule has 0 saturated carbocycles. The number of hydrogen-bond donors (Lipinski definition) is 0. The van der Waals surface area contributed by atoms with Crippen molar-refractivity contribution in [1.29, 1.82) is 0 Å². The van der Waals surface area contributed by atoms with E-state index in [4.69, 9.17) is 0 Å². The zero-order valence-corrected chi connectivity index (χ0v) is 22.9. The number of halogens is 1. The van der Waals surface area contributed by atoms with Crippen molar-refractivity contribution in [1.82, 2.24) is 4.40 Å². The standard InChI is InChI=1S/C36H24BrNO/c1-23-21-30-29(22-31(23)37)33(25-15-7-3-8-16-25)35-28-20-12-11-19-27(28)32(24-13-5-2-6-14-24)34(38(35)36(30)39)26-17-9-4-10-18-26/h2-22H,1H3. The van der Waals surface area contributed by atoms with E-state index in [1.807, 2.05) is 47.7 Å². The van der Waals surface area contributed by atoms with Gasteiger partial charge in [-0.25, -0.2) is 0 Å². The van der Waals surface area contributed by atoms with Crippen molar-refractivity contribution < 1.29 is 0 Å². The smallest absolute Gasteiger partial charge is 0.263 e. The van der Waals surface area contributed by atoms with Crippen LogP contribution in [0.3, 0.4) is 0 Å². The maximum atomic E-state index is 14.7. The average molecular weight is 566 g/mol. The highest BCUT2D eigenvalue weighted by Gasteiger charge is 2.24. The fraction of sp³-hybridized carbons (Fsp3) is 0.0278. The Morgan fingerprint density at radius 2 is 1.05 bits per heavy atom. The van der Waals surface area contributed by atoms with E-state index in [2.05, 4.69) is 107 Å². The number of nitrogens with zero attached hydrogens (tertiary/aromatic N) is 1. The Kier molecular flexibility index (Phi) is 5.68. The molecule has 0 fully saturated rings. The summed E-state index contributed by atoms with van der Waals surface area (Å²) in [7, 11) is 0. The van der Waals surface area contributed by atoms with Crippen LogP contribution in [0.25, 0.3) is 60.6 Å². The van der Waals surface area contributed by atoms with Gasteiger partial charge in [-0.05, 0) is 52.1 Å². The van der Waals surface area contributed by atoms with Crippen LogP contribution in [0.5, 0.6) is 0 Å². The number of pyridine rings is 2. The second-order valence-corrected chi connectivity index (χ2v) is 10.7. The van der Waals surface area contributed by atoms with Gasteiger partial charge in [-0.2, -0.15) is 0 Å². The number of hydrogen-bond acceptors (Lipinski definition) is 1. The number of benzene rings is 5. The van der Waals surface area contributed by atoms with Crippen LogP contribution in [0.2, 0.25) is 0 Å². The molecule has 2 nitrogen and oxygen atoms in total. The van der Waals surface area contributed by atoms with Crippen molar-refractivity contribution in [2.45, 2.75) is 6.92 Å². The summed E-state index contributed by atoms with van der Waals surface area (Å²) in [6.07, 6.45) is 0. The molecular weight excluding hydrogens is 542 g/mol. The average Bonchev–Trinajstić information content (AvgIpc) is 2.99. The molecule has 0 bridgehead atoms. The van der Waals surface area contributed by atoms with Crippen molar-refractivity contribution in [3.05, 3.63) is 148 Å². The number of fused-ring (bicyclic) bond motifs is 4. The molecule has 3 heteroatoms.